The number of nitrogen functional groups attached to an aromatic ring is 1. The quantitative estimate of drug-likeness (QED) is 0.232. The molecule has 0 saturated carbocycles. The number of aromatic nitrogens is 6. The van der Waals surface area contributed by atoms with Gasteiger partial charge in [-0.2, -0.15) is 0 Å². The summed E-state index contributed by atoms with van der Waals surface area (Å²) >= 11 is 6.69. The maximum atomic E-state index is 5.74. The molecule has 1 aromatic carbocycles. The van der Waals surface area contributed by atoms with Crippen molar-refractivity contribution in [2.75, 3.05) is 5.73 Å². The van der Waals surface area contributed by atoms with Crippen LogP contribution >= 0.6 is 38.6 Å². The molecule has 0 bridgehead atoms. The lowest BCUT2D eigenvalue weighted by atomic mass is 10.1. The van der Waals surface area contributed by atoms with Gasteiger partial charge in [0.25, 0.3) is 0 Å². The van der Waals surface area contributed by atoms with Gasteiger partial charge in [0.05, 0.1) is 18.1 Å². The molecule has 7 aromatic rings. The zero-order valence-electron chi connectivity index (χ0n) is 18.7. The SMILES string of the molecule is Brc1cnc2cc(-c3nccs3)ccn12.Nc1ccc(-c2cnc3cc(-c4nccs4)ccn23)cc1. The lowest BCUT2D eigenvalue weighted by Gasteiger charge is -2.03. The van der Waals surface area contributed by atoms with Crippen LogP contribution in [0.1, 0.15) is 0 Å². The summed E-state index contributed by atoms with van der Waals surface area (Å²) in [6, 6.07) is 16.0. The van der Waals surface area contributed by atoms with Crippen LogP contribution in [0.3, 0.4) is 0 Å². The zero-order chi connectivity index (χ0) is 24.5. The Bertz CT molecular complexity index is 1750. The van der Waals surface area contributed by atoms with E-state index in [0.717, 1.165) is 54.0 Å². The largest absolute Gasteiger partial charge is 0.399 e. The van der Waals surface area contributed by atoms with Crippen LogP contribution in [0.15, 0.2) is 101 Å². The van der Waals surface area contributed by atoms with Gasteiger partial charge in [0.2, 0.25) is 0 Å². The highest BCUT2D eigenvalue weighted by Gasteiger charge is 2.08. The van der Waals surface area contributed by atoms with Gasteiger partial charge in [-0.25, -0.2) is 19.9 Å². The van der Waals surface area contributed by atoms with Gasteiger partial charge in [0.1, 0.15) is 25.9 Å². The van der Waals surface area contributed by atoms with Crippen molar-refractivity contribution in [3.05, 3.63) is 101 Å². The van der Waals surface area contributed by atoms with Crippen LogP contribution in [0, 0.1) is 0 Å². The van der Waals surface area contributed by atoms with E-state index in [1.54, 1.807) is 28.9 Å². The normalized spacial score (nSPS) is 11.0. The Balaban J connectivity index is 0.000000141. The summed E-state index contributed by atoms with van der Waals surface area (Å²) in [5.74, 6) is 0. The fourth-order valence-corrected chi connectivity index (χ4v) is 5.47. The maximum Gasteiger partial charge on any atom is 0.138 e. The molecule has 6 aromatic heterocycles. The van der Waals surface area contributed by atoms with Gasteiger partial charge < -0.3 is 5.73 Å². The van der Waals surface area contributed by atoms with E-state index in [9.17, 15) is 0 Å². The third-order valence-corrected chi connectivity index (χ3v) is 7.78. The summed E-state index contributed by atoms with van der Waals surface area (Å²) < 4.78 is 5.02. The number of thiazole rings is 2. The van der Waals surface area contributed by atoms with Crippen molar-refractivity contribution < 1.29 is 0 Å². The summed E-state index contributed by atoms with van der Waals surface area (Å²) in [5, 5.41) is 5.98. The molecule has 0 aliphatic rings. The number of halogens is 1. The molecule has 0 spiro atoms. The predicted octanol–water partition coefficient (Wildman–Crippen LogP) is 6.93. The molecular weight excluding hydrogens is 554 g/mol. The predicted molar refractivity (Wildman–Crippen MR) is 150 cm³/mol. The van der Waals surface area contributed by atoms with Crippen molar-refractivity contribution in [2.24, 2.45) is 0 Å². The third-order valence-electron chi connectivity index (χ3n) is 5.55. The van der Waals surface area contributed by atoms with E-state index < -0.39 is 0 Å². The molecule has 0 amide bonds. The minimum Gasteiger partial charge on any atom is -0.399 e. The lowest BCUT2D eigenvalue weighted by molar-refractivity contribution is 1.15. The molecule has 2 N–H and O–H groups in total. The molecule has 0 aliphatic heterocycles. The number of benzene rings is 1. The summed E-state index contributed by atoms with van der Waals surface area (Å²) in [5.41, 5.74) is 12.7. The fourth-order valence-electron chi connectivity index (χ4n) is 3.80. The Morgan fingerprint density at radius 1 is 0.667 bits per heavy atom. The number of anilines is 1. The lowest BCUT2D eigenvalue weighted by Crippen LogP contribution is -1.89. The van der Waals surface area contributed by atoms with Crippen LogP contribution in [0.5, 0.6) is 0 Å². The molecule has 36 heavy (non-hydrogen) atoms. The Hall–Kier alpha value is -3.86. The molecule has 0 aliphatic carbocycles. The molecule has 7 rings (SSSR count). The molecule has 0 radical (unpaired) electrons. The Morgan fingerprint density at radius 2 is 1.25 bits per heavy atom. The van der Waals surface area contributed by atoms with Gasteiger partial charge in [0.15, 0.2) is 0 Å². The number of imidazole rings is 2. The van der Waals surface area contributed by atoms with Crippen LogP contribution < -0.4 is 5.73 Å². The second kappa shape index (κ2) is 9.65. The highest BCUT2D eigenvalue weighted by Crippen LogP contribution is 2.27. The Labute approximate surface area is 222 Å². The maximum absolute atomic E-state index is 5.74. The minimum absolute atomic E-state index is 0.763. The smallest absolute Gasteiger partial charge is 0.138 e. The molecule has 0 saturated heterocycles. The molecule has 0 fully saturated rings. The minimum atomic E-state index is 0.763. The number of fused-ring (bicyclic) bond motifs is 2. The molecule has 176 valence electrons. The number of nitrogens with zero attached hydrogens (tertiary/aromatic N) is 6. The number of hydrogen-bond donors (Lipinski definition) is 1. The fraction of sp³-hybridized carbons (Fsp3) is 0. The average molecular weight is 573 g/mol. The van der Waals surface area contributed by atoms with Crippen molar-refractivity contribution in [1.29, 1.82) is 0 Å². The van der Waals surface area contributed by atoms with Crippen LogP contribution in [-0.2, 0) is 0 Å². The Kier molecular flexibility index (Phi) is 6.06. The first-order valence-electron chi connectivity index (χ1n) is 10.9. The van der Waals surface area contributed by atoms with Crippen molar-refractivity contribution in [1.82, 2.24) is 28.7 Å². The highest BCUT2D eigenvalue weighted by atomic mass is 79.9. The second-order valence-electron chi connectivity index (χ2n) is 7.81. The van der Waals surface area contributed by atoms with Gasteiger partial charge in [-0.05, 0) is 52.3 Å². The molecular formula is C26H18BrN7S2. The van der Waals surface area contributed by atoms with E-state index in [0.29, 0.717) is 0 Å². The van der Waals surface area contributed by atoms with Crippen LogP contribution in [-0.4, -0.2) is 28.7 Å². The van der Waals surface area contributed by atoms with Crippen LogP contribution in [0.2, 0.25) is 0 Å². The molecule has 10 heteroatoms. The molecule has 0 unspecified atom stereocenters. The molecule has 0 atom stereocenters. The molecule has 6 heterocycles. The van der Waals surface area contributed by atoms with Gasteiger partial charge >= 0.3 is 0 Å². The number of hydrogen-bond acceptors (Lipinski definition) is 7. The van der Waals surface area contributed by atoms with Crippen molar-refractivity contribution in [3.8, 4) is 32.4 Å². The van der Waals surface area contributed by atoms with Crippen LogP contribution in [0.25, 0.3) is 43.7 Å². The van der Waals surface area contributed by atoms with E-state index in [2.05, 4.69) is 52.4 Å². The number of rotatable bonds is 3. The topological polar surface area (TPSA) is 86.4 Å². The molecule has 7 nitrogen and oxygen atoms in total. The zero-order valence-corrected chi connectivity index (χ0v) is 21.9. The number of pyridine rings is 2. The van der Waals surface area contributed by atoms with E-state index in [4.69, 9.17) is 5.73 Å². The standard InChI is InChI=1S/C16H12N4S.C10H6BrN3S/c17-13-3-1-11(2-4-13)14-10-19-15-9-12(5-7-20(14)15)16-18-6-8-21-16;11-8-6-13-9-5-7(1-3-14(8)9)10-12-2-4-15-10/h1-10H,17H2;1-6H. The first-order chi connectivity index (χ1) is 17.7. The van der Waals surface area contributed by atoms with E-state index in [1.165, 1.54) is 0 Å². The van der Waals surface area contributed by atoms with Crippen molar-refractivity contribution >= 4 is 55.6 Å². The van der Waals surface area contributed by atoms with Crippen LogP contribution in [0.4, 0.5) is 5.69 Å². The van der Waals surface area contributed by atoms with Crippen molar-refractivity contribution in [3.63, 3.8) is 0 Å². The monoisotopic (exact) mass is 571 g/mol. The summed E-state index contributed by atoms with van der Waals surface area (Å²) in [7, 11) is 0. The van der Waals surface area contributed by atoms with Gasteiger partial charge in [0, 0.05) is 57.9 Å². The summed E-state index contributed by atoms with van der Waals surface area (Å²) in [4.78, 5) is 17.4. The number of nitrogens with two attached hydrogens (primary N) is 1. The average Bonchev–Trinajstić information content (AvgIpc) is 3.72. The summed E-state index contributed by atoms with van der Waals surface area (Å²) in [6.45, 7) is 0. The first-order valence-corrected chi connectivity index (χ1v) is 13.5. The Morgan fingerprint density at radius 3 is 1.86 bits per heavy atom. The van der Waals surface area contributed by atoms with Gasteiger partial charge in [-0.15, -0.1) is 22.7 Å². The third kappa shape index (κ3) is 4.41. The first kappa shape index (κ1) is 22.6. The highest BCUT2D eigenvalue weighted by molar-refractivity contribution is 9.10. The second-order valence-corrected chi connectivity index (χ2v) is 10.4. The van der Waals surface area contributed by atoms with Crippen molar-refractivity contribution in [2.45, 2.75) is 0 Å². The van der Waals surface area contributed by atoms with E-state index in [1.807, 2.05) is 82.5 Å². The van der Waals surface area contributed by atoms with Gasteiger partial charge in [-0.3, -0.25) is 8.80 Å². The van der Waals surface area contributed by atoms with E-state index >= 15 is 0 Å². The van der Waals surface area contributed by atoms with E-state index in [-0.39, 0.29) is 0 Å². The van der Waals surface area contributed by atoms with Gasteiger partial charge in [-0.1, -0.05) is 12.1 Å². The summed E-state index contributed by atoms with van der Waals surface area (Å²) in [6.07, 6.45) is 11.3.